The van der Waals surface area contributed by atoms with Crippen LogP contribution in [0, 0.1) is 12.7 Å². The molecule has 0 aliphatic rings. The first-order valence-corrected chi connectivity index (χ1v) is 6.09. The fourth-order valence-corrected chi connectivity index (χ4v) is 1.69. The molecule has 0 spiro atoms. The van der Waals surface area contributed by atoms with Crippen LogP contribution in [0.15, 0.2) is 18.2 Å². The Balaban J connectivity index is 2.62. The summed E-state index contributed by atoms with van der Waals surface area (Å²) in [5.74, 6) is -1.03. The highest BCUT2D eigenvalue weighted by Gasteiger charge is 2.15. The molecule has 0 atom stereocenters. The molecule has 20 heavy (non-hydrogen) atoms. The maximum absolute atomic E-state index is 13.1. The highest BCUT2D eigenvalue weighted by atomic mass is 19.3. The molecule has 0 unspecified atom stereocenters. The zero-order valence-electron chi connectivity index (χ0n) is 11.1. The van der Waals surface area contributed by atoms with Crippen molar-refractivity contribution >= 4 is 11.6 Å². The van der Waals surface area contributed by atoms with Crippen LogP contribution in [0.2, 0.25) is 0 Å². The lowest BCUT2D eigenvalue weighted by Gasteiger charge is -2.20. The van der Waals surface area contributed by atoms with Gasteiger partial charge in [-0.3, -0.25) is 9.69 Å². The number of aliphatic hydroxyl groups excluding tert-OH is 1. The van der Waals surface area contributed by atoms with E-state index in [0.717, 1.165) is 11.0 Å². The number of rotatable bonds is 7. The van der Waals surface area contributed by atoms with Gasteiger partial charge < -0.3 is 10.4 Å². The summed E-state index contributed by atoms with van der Waals surface area (Å²) in [6.45, 7) is 0.454. The summed E-state index contributed by atoms with van der Waals surface area (Å²) in [5, 5.41) is 11.2. The molecular formula is C13H17F3N2O2. The summed E-state index contributed by atoms with van der Waals surface area (Å²) >= 11 is 0. The lowest BCUT2D eigenvalue weighted by molar-refractivity contribution is -0.117. The van der Waals surface area contributed by atoms with E-state index in [4.69, 9.17) is 5.11 Å². The predicted molar refractivity (Wildman–Crippen MR) is 69.3 cm³/mol. The van der Waals surface area contributed by atoms with Gasteiger partial charge in [0, 0.05) is 12.2 Å². The van der Waals surface area contributed by atoms with Crippen molar-refractivity contribution in [2.24, 2.45) is 0 Å². The van der Waals surface area contributed by atoms with E-state index < -0.39 is 24.7 Å². The number of nitrogens with one attached hydrogen (secondary N) is 1. The molecule has 0 radical (unpaired) electrons. The number of carbonyl (C=O) groups is 1. The number of anilines is 1. The second-order valence-corrected chi connectivity index (χ2v) is 4.36. The second kappa shape index (κ2) is 7.86. The Morgan fingerprint density at radius 1 is 1.45 bits per heavy atom. The molecule has 0 saturated heterocycles. The van der Waals surface area contributed by atoms with Crippen LogP contribution in [0.25, 0.3) is 0 Å². The number of nitrogens with zero attached hydrogens (tertiary/aromatic N) is 1. The number of carbonyl (C=O) groups excluding carboxylic acids is 1. The first-order chi connectivity index (χ1) is 9.42. The molecule has 0 aromatic heterocycles. The molecule has 0 bridgehead atoms. The molecule has 0 fully saturated rings. The molecule has 0 heterocycles. The van der Waals surface area contributed by atoms with Gasteiger partial charge in [-0.25, -0.2) is 13.2 Å². The van der Waals surface area contributed by atoms with Gasteiger partial charge in [-0.2, -0.15) is 0 Å². The SMILES string of the molecule is Cc1ccc(F)cc1NC(=O)CN(CCO)CC(F)F. The van der Waals surface area contributed by atoms with Gasteiger partial charge in [-0.1, -0.05) is 6.07 Å². The average Bonchev–Trinajstić information content (AvgIpc) is 2.33. The van der Waals surface area contributed by atoms with Crippen molar-refractivity contribution in [3.8, 4) is 0 Å². The third kappa shape index (κ3) is 5.58. The monoisotopic (exact) mass is 290 g/mol. The van der Waals surface area contributed by atoms with Gasteiger partial charge in [0.05, 0.1) is 19.7 Å². The molecule has 4 nitrogen and oxygen atoms in total. The van der Waals surface area contributed by atoms with Gasteiger partial charge in [0.2, 0.25) is 5.91 Å². The zero-order chi connectivity index (χ0) is 15.1. The molecular weight excluding hydrogens is 273 g/mol. The van der Waals surface area contributed by atoms with E-state index in [-0.39, 0.29) is 19.7 Å². The van der Waals surface area contributed by atoms with Crippen molar-refractivity contribution in [3.05, 3.63) is 29.6 Å². The summed E-state index contributed by atoms with van der Waals surface area (Å²) in [6, 6.07) is 3.94. The van der Waals surface area contributed by atoms with E-state index >= 15 is 0 Å². The fraction of sp³-hybridized carbons (Fsp3) is 0.462. The molecule has 2 N–H and O–H groups in total. The summed E-state index contributed by atoms with van der Waals surface area (Å²) in [5.41, 5.74) is 0.971. The van der Waals surface area contributed by atoms with E-state index in [1.54, 1.807) is 6.92 Å². The standard InChI is InChI=1S/C13H17F3N2O2/c1-9-2-3-10(14)6-11(9)17-13(20)8-18(4-5-19)7-12(15)16/h2-3,6,12,19H,4-5,7-8H2,1H3,(H,17,20). The Labute approximate surface area is 115 Å². The number of halogens is 3. The van der Waals surface area contributed by atoms with Crippen LogP contribution in [-0.2, 0) is 4.79 Å². The molecule has 7 heteroatoms. The number of amides is 1. The van der Waals surface area contributed by atoms with E-state index in [1.165, 1.54) is 12.1 Å². The number of alkyl halides is 2. The maximum Gasteiger partial charge on any atom is 0.251 e. The van der Waals surface area contributed by atoms with Crippen LogP contribution >= 0.6 is 0 Å². The number of hydrogen-bond donors (Lipinski definition) is 2. The highest BCUT2D eigenvalue weighted by molar-refractivity contribution is 5.92. The fourth-order valence-electron chi connectivity index (χ4n) is 1.69. The molecule has 1 amide bonds. The van der Waals surface area contributed by atoms with Gasteiger partial charge in [-0.15, -0.1) is 0 Å². The van der Waals surface area contributed by atoms with Crippen LogP contribution < -0.4 is 5.32 Å². The van der Waals surface area contributed by atoms with Crippen LogP contribution in [0.3, 0.4) is 0 Å². The van der Waals surface area contributed by atoms with Gasteiger partial charge in [-0.05, 0) is 24.6 Å². The van der Waals surface area contributed by atoms with Crippen molar-refractivity contribution in [1.82, 2.24) is 4.90 Å². The van der Waals surface area contributed by atoms with Gasteiger partial charge in [0.25, 0.3) is 6.43 Å². The minimum Gasteiger partial charge on any atom is -0.395 e. The zero-order valence-corrected chi connectivity index (χ0v) is 11.1. The Hall–Kier alpha value is -1.60. The van der Waals surface area contributed by atoms with Gasteiger partial charge in [0.1, 0.15) is 5.82 Å². The highest BCUT2D eigenvalue weighted by Crippen LogP contribution is 2.15. The number of aliphatic hydroxyl groups is 1. The van der Waals surface area contributed by atoms with Crippen molar-refractivity contribution in [1.29, 1.82) is 0 Å². The summed E-state index contributed by atoms with van der Waals surface area (Å²) in [6.07, 6.45) is -2.59. The van der Waals surface area contributed by atoms with Crippen molar-refractivity contribution in [2.75, 3.05) is 31.6 Å². The third-order valence-corrected chi connectivity index (χ3v) is 2.65. The summed E-state index contributed by atoms with van der Waals surface area (Å²) in [7, 11) is 0. The van der Waals surface area contributed by atoms with Crippen LogP contribution in [0.1, 0.15) is 5.56 Å². The Morgan fingerprint density at radius 3 is 2.75 bits per heavy atom. The molecule has 0 aliphatic carbocycles. The first kappa shape index (κ1) is 16.5. The molecule has 0 aliphatic heterocycles. The normalized spacial score (nSPS) is 11.2. The van der Waals surface area contributed by atoms with E-state index in [0.29, 0.717) is 11.3 Å². The average molecular weight is 290 g/mol. The Kier molecular flexibility index (Phi) is 6.47. The Bertz CT molecular complexity index is 455. The quantitative estimate of drug-likeness (QED) is 0.802. The third-order valence-electron chi connectivity index (χ3n) is 2.65. The molecule has 112 valence electrons. The topological polar surface area (TPSA) is 52.6 Å². The van der Waals surface area contributed by atoms with Crippen molar-refractivity contribution in [2.45, 2.75) is 13.3 Å². The van der Waals surface area contributed by atoms with Crippen molar-refractivity contribution in [3.63, 3.8) is 0 Å². The summed E-state index contributed by atoms with van der Waals surface area (Å²) in [4.78, 5) is 12.9. The largest absolute Gasteiger partial charge is 0.395 e. The van der Waals surface area contributed by atoms with E-state index in [2.05, 4.69) is 5.32 Å². The predicted octanol–water partition coefficient (Wildman–Crippen LogP) is 1.63. The van der Waals surface area contributed by atoms with Crippen LogP contribution in [-0.4, -0.2) is 48.6 Å². The Morgan fingerprint density at radius 2 is 2.15 bits per heavy atom. The van der Waals surface area contributed by atoms with Crippen molar-refractivity contribution < 1.29 is 23.1 Å². The molecule has 1 aromatic carbocycles. The number of benzene rings is 1. The van der Waals surface area contributed by atoms with Crippen LogP contribution in [0.5, 0.6) is 0 Å². The van der Waals surface area contributed by atoms with Gasteiger partial charge in [0.15, 0.2) is 0 Å². The second-order valence-electron chi connectivity index (χ2n) is 4.36. The summed E-state index contributed by atoms with van der Waals surface area (Å²) < 4.78 is 37.7. The first-order valence-electron chi connectivity index (χ1n) is 6.09. The van der Waals surface area contributed by atoms with Crippen LogP contribution in [0.4, 0.5) is 18.9 Å². The molecule has 1 rings (SSSR count). The molecule has 1 aromatic rings. The van der Waals surface area contributed by atoms with Gasteiger partial charge >= 0.3 is 0 Å². The minimum absolute atomic E-state index is 0.0279. The number of aryl methyl sites for hydroxylation is 1. The number of hydrogen-bond acceptors (Lipinski definition) is 3. The lowest BCUT2D eigenvalue weighted by Crippen LogP contribution is -2.38. The lowest BCUT2D eigenvalue weighted by atomic mass is 10.2. The molecule has 0 saturated carbocycles. The smallest absolute Gasteiger partial charge is 0.251 e. The van der Waals surface area contributed by atoms with E-state index in [1.807, 2.05) is 0 Å². The minimum atomic E-state index is -2.59. The van der Waals surface area contributed by atoms with E-state index in [9.17, 15) is 18.0 Å². The maximum atomic E-state index is 13.1.